The molecule has 0 spiro atoms. The summed E-state index contributed by atoms with van der Waals surface area (Å²) >= 11 is 0. The van der Waals surface area contributed by atoms with E-state index in [1.807, 2.05) is 11.2 Å². The number of aromatic amines is 1. The van der Waals surface area contributed by atoms with E-state index in [1.54, 1.807) is 35.2 Å². The average Bonchev–Trinajstić information content (AvgIpc) is 3.38. The van der Waals surface area contributed by atoms with Gasteiger partial charge in [0.1, 0.15) is 23.2 Å². The number of benzene rings is 1. The first-order valence-corrected chi connectivity index (χ1v) is 13.1. The molecule has 2 aliphatic heterocycles. The van der Waals surface area contributed by atoms with Gasteiger partial charge in [0.15, 0.2) is 0 Å². The number of anilines is 2. The number of halogens is 6. The van der Waals surface area contributed by atoms with Gasteiger partial charge < -0.3 is 19.4 Å². The smallest absolute Gasteiger partial charge is 0.421 e. The van der Waals surface area contributed by atoms with E-state index in [9.17, 15) is 35.9 Å². The summed E-state index contributed by atoms with van der Waals surface area (Å²) in [5.74, 6) is 0.200. The third-order valence-corrected chi connectivity index (χ3v) is 7.04. The van der Waals surface area contributed by atoms with E-state index >= 15 is 0 Å². The van der Waals surface area contributed by atoms with Crippen molar-refractivity contribution in [2.75, 3.05) is 42.5 Å². The van der Waals surface area contributed by atoms with Crippen molar-refractivity contribution in [2.45, 2.75) is 30.9 Å². The lowest BCUT2D eigenvalue weighted by Gasteiger charge is -2.34. The molecule has 0 aliphatic carbocycles. The minimum atomic E-state index is -4.89. The van der Waals surface area contributed by atoms with Crippen LogP contribution in [-0.4, -0.2) is 75.8 Å². The number of alkyl halides is 6. The molecule has 0 radical (unpaired) electrons. The Labute approximate surface area is 240 Å². The Morgan fingerprint density at radius 2 is 1.65 bits per heavy atom. The monoisotopic (exact) mass is 609 g/mol. The minimum Gasteiger partial charge on any atom is -0.488 e. The zero-order valence-corrected chi connectivity index (χ0v) is 22.3. The molecule has 16 heteroatoms. The van der Waals surface area contributed by atoms with E-state index in [2.05, 4.69) is 15.1 Å². The molecule has 2 aliphatic rings. The lowest BCUT2D eigenvalue weighted by Crippen LogP contribution is -2.49. The van der Waals surface area contributed by atoms with Crippen LogP contribution in [0.2, 0.25) is 0 Å². The maximum atomic E-state index is 13.4. The summed E-state index contributed by atoms with van der Waals surface area (Å²) < 4.78 is 84.7. The highest BCUT2D eigenvalue weighted by molar-refractivity contribution is 5.88. The quantitative estimate of drug-likeness (QED) is 0.334. The number of hydrogen-bond acceptors (Lipinski definition) is 8. The Morgan fingerprint density at radius 3 is 2.28 bits per heavy atom. The lowest BCUT2D eigenvalue weighted by atomic mass is 10.1. The van der Waals surface area contributed by atoms with Gasteiger partial charge in [-0.05, 0) is 12.1 Å². The van der Waals surface area contributed by atoms with Crippen molar-refractivity contribution >= 4 is 17.7 Å². The van der Waals surface area contributed by atoms with E-state index in [0.29, 0.717) is 30.6 Å². The summed E-state index contributed by atoms with van der Waals surface area (Å²) in [5, 5.41) is 5.73. The third kappa shape index (κ3) is 7.06. The topological polar surface area (TPSA) is 108 Å². The van der Waals surface area contributed by atoms with E-state index < -0.39 is 41.2 Å². The average molecular weight is 610 g/mol. The van der Waals surface area contributed by atoms with Crippen LogP contribution in [0.5, 0.6) is 5.75 Å². The number of para-hydroxylation sites is 1. The number of nitrogens with zero attached hydrogens (tertiary/aromatic N) is 6. The third-order valence-electron chi connectivity index (χ3n) is 7.04. The molecule has 0 saturated carbocycles. The van der Waals surface area contributed by atoms with Crippen molar-refractivity contribution in [1.82, 2.24) is 25.1 Å². The van der Waals surface area contributed by atoms with Gasteiger partial charge in [-0.3, -0.25) is 9.59 Å². The summed E-state index contributed by atoms with van der Waals surface area (Å²) in [6, 6.07) is 8.94. The molecule has 2 aromatic heterocycles. The molecule has 228 valence electrons. The first kappa shape index (κ1) is 29.8. The van der Waals surface area contributed by atoms with Crippen LogP contribution in [0, 0.1) is 0 Å². The van der Waals surface area contributed by atoms with Gasteiger partial charge in [0.25, 0.3) is 5.56 Å². The zero-order valence-electron chi connectivity index (χ0n) is 22.3. The molecular weight excluding hydrogens is 584 g/mol. The molecule has 1 amide bonds. The second-order valence-electron chi connectivity index (χ2n) is 9.92. The minimum absolute atomic E-state index is 0.119. The molecule has 0 bridgehead atoms. The predicted molar refractivity (Wildman–Crippen MR) is 141 cm³/mol. The molecule has 1 N–H and O–H groups in total. The van der Waals surface area contributed by atoms with Crippen LogP contribution in [-0.2, 0) is 17.1 Å². The largest absolute Gasteiger partial charge is 0.488 e. The van der Waals surface area contributed by atoms with Gasteiger partial charge in [0, 0.05) is 57.1 Å². The lowest BCUT2D eigenvalue weighted by molar-refractivity contribution is -0.139. The molecule has 2 saturated heterocycles. The first-order chi connectivity index (χ1) is 20.4. The predicted octanol–water partition coefficient (Wildman–Crippen LogP) is 3.53. The molecule has 5 rings (SSSR count). The highest BCUT2D eigenvalue weighted by Gasteiger charge is 2.38. The number of carbonyl (C=O) groups is 1. The molecular formula is C27H25F6N7O3. The van der Waals surface area contributed by atoms with Crippen LogP contribution in [0.1, 0.15) is 17.5 Å². The summed E-state index contributed by atoms with van der Waals surface area (Å²) in [5.41, 5.74) is -3.71. The summed E-state index contributed by atoms with van der Waals surface area (Å²) in [4.78, 5) is 37.1. The van der Waals surface area contributed by atoms with Crippen LogP contribution in [0.25, 0.3) is 0 Å². The van der Waals surface area contributed by atoms with Gasteiger partial charge in [0.2, 0.25) is 11.9 Å². The molecule has 1 aromatic carbocycles. The zero-order chi connectivity index (χ0) is 30.8. The van der Waals surface area contributed by atoms with E-state index in [4.69, 9.17) is 4.74 Å². The van der Waals surface area contributed by atoms with E-state index in [1.165, 1.54) is 15.9 Å². The fraction of sp³-hybridized carbons (Fsp3) is 0.370. The van der Waals surface area contributed by atoms with Crippen LogP contribution < -0.4 is 20.1 Å². The van der Waals surface area contributed by atoms with Crippen LogP contribution >= 0.6 is 0 Å². The van der Waals surface area contributed by atoms with Crippen LogP contribution in [0.4, 0.5) is 38.1 Å². The van der Waals surface area contributed by atoms with Crippen LogP contribution in [0.3, 0.4) is 0 Å². The molecule has 4 heterocycles. The Balaban J connectivity index is 1.27. The Hall–Kier alpha value is -4.63. The van der Waals surface area contributed by atoms with Gasteiger partial charge in [0.05, 0.1) is 18.2 Å². The summed E-state index contributed by atoms with van der Waals surface area (Å²) in [6.45, 7) is 1.21. The highest BCUT2D eigenvalue weighted by atomic mass is 19.4. The first-order valence-electron chi connectivity index (χ1n) is 13.1. The van der Waals surface area contributed by atoms with Gasteiger partial charge >= 0.3 is 12.4 Å². The normalized spacial score (nSPS) is 19.7. The molecule has 2 fully saturated rings. The maximum Gasteiger partial charge on any atom is 0.421 e. The molecule has 3 aromatic rings. The Morgan fingerprint density at radius 1 is 0.977 bits per heavy atom. The fourth-order valence-electron chi connectivity index (χ4n) is 4.86. The molecule has 2 atom stereocenters. The van der Waals surface area contributed by atoms with Crippen molar-refractivity contribution in [3.05, 3.63) is 82.4 Å². The van der Waals surface area contributed by atoms with Gasteiger partial charge in [-0.1, -0.05) is 24.3 Å². The standard InChI is InChI=1S/C27H25F6N7O3/c28-26(29,30)17-14-34-25(35-15-17)39-10-8-38(9-11-39)23(41)7-6-18-12-20(43-19-4-2-1-3-5-19)16-40(18)22-13-21(27(31,32)33)24(42)37-36-22/h1-7,13-15,18,20H,8-12,16H2,(H,37,42)/b7-6+/t18-,20+/m1/s1. The molecule has 43 heavy (non-hydrogen) atoms. The Bertz CT molecular complexity index is 1500. The second-order valence-corrected chi connectivity index (χ2v) is 9.92. The number of nitrogens with one attached hydrogen (secondary N) is 1. The number of amides is 1. The summed E-state index contributed by atoms with van der Waals surface area (Å²) in [6.07, 6.45) is -5.28. The molecule has 0 unspecified atom stereocenters. The number of carbonyl (C=O) groups excluding carboxylic acids is 1. The Kier molecular flexibility index (Phi) is 8.28. The molecule has 10 nitrogen and oxygen atoms in total. The second kappa shape index (κ2) is 11.9. The van der Waals surface area contributed by atoms with Crippen molar-refractivity contribution in [3.8, 4) is 5.75 Å². The number of piperazine rings is 1. The summed E-state index contributed by atoms with van der Waals surface area (Å²) in [7, 11) is 0. The van der Waals surface area contributed by atoms with Crippen LogP contribution in [0.15, 0.2) is 65.7 Å². The number of ether oxygens (including phenoxy) is 1. The fourth-order valence-corrected chi connectivity index (χ4v) is 4.86. The van der Waals surface area contributed by atoms with Crippen molar-refractivity contribution in [2.24, 2.45) is 0 Å². The van der Waals surface area contributed by atoms with Gasteiger partial charge in [-0.15, -0.1) is 0 Å². The van der Waals surface area contributed by atoms with Crippen molar-refractivity contribution in [1.29, 1.82) is 0 Å². The van der Waals surface area contributed by atoms with Gasteiger partial charge in [-0.2, -0.15) is 31.4 Å². The number of hydrogen-bond donors (Lipinski definition) is 1. The van der Waals surface area contributed by atoms with Gasteiger partial charge in [-0.25, -0.2) is 15.1 Å². The van der Waals surface area contributed by atoms with Crippen molar-refractivity contribution < 1.29 is 35.9 Å². The number of rotatable bonds is 6. The maximum absolute atomic E-state index is 13.4. The number of aromatic nitrogens is 4. The number of H-pyrrole nitrogens is 1. The van der Waals surface area contributed by atoms with E-state index in [0.717, 1.165) is 0 Å². The van der Waals surface area contributed by atoms with E-state index in [-0.39, 0.29) is 50.4 Å². The highest BCUT2D eigenvalue weighted by Crippen LogP contribution is 2.32. The SMILES string of the molecule is O=C(/C=C/[C@@H]1C[C@H](Oc2ccccc2)CN1c1cc(C(F)(F)F)c(=O)[nH]n1)N1CCN(c2ncc(C(F)(F)F)cn2)CC1. The van der Waals surface area contributed by atoms with Crippen molar-refractivity contribution in [3.63, 3.8) is 0 Å².